The zero-order chi connectivity index (χ0) is 13.7. The van der Waals surface area contributed by atoms with Gasteiger partial charge in [-0.05, 0) is 32.3 Å². The van der Waals surface area contributed by atoms with Gasteiger partial charge in [-0.25, -0.2) is 4.79 Å². The van der Waals surface area contributed by atoms with Crippen molar-refractivity contribution in [3.05, 3.63) is 28.8 Å². The highest BCUT2D eigenvalue weighted by Crippen LogP contribution is 2.19. The molecule has 2 N–H and O–H groups in total. The Hall–Kier alpha value is -1.59. The first-order valence-corrected chi connectivity index (χ1v) is 5.75. The minimum atomic E-state index is -1.08. The van der Waals surface area contributed by atoms with Gasteiger partial charge in [-0.15, -0.1) is 0 Å². The van der Waals surface area contributed by atoms with Crippen molar-refractivity contribution in [1.82, 2.24) is 4.90 Å². The summed E-state index contributed by atoms with van der Waals surface area (Å²) < 4.78 is 0. The van der Waals surface area contributed by atoms with Crippen LogP contribution in [0.15, 0.2) is 18.2 Å². The Labute approximate surface area is 110 Å². The maximum Gasteiger partial charge on any atom is 0.335 e. The molecule has 0 aliphatic carbocycles. The number of rotatable bonds is 5. The molecule has 98 valence electrons. The van der Waals surface area contributed by atoms with Crippen LogP contribution >= 0.6 is 11.6 Å². The highest BCUT2D eigenvalue weighted by atomic mass is 35.5. The van der Waals surface area contributed by atoms with Crippen LogP contribution in [-0.2, 0) is 4.79 Å². The van der Waals surface area contributed by atoms with Gasteiger partial charge in [0, 0.05) is 23.7 Å². The molecule has 0 saturated heterocycles. The predicted octanol–water partition coefficient (Wildman–Crippen LogP) is 1.93. The Bertz CT molecular complexity index is 461. The molecule has 1 aromatic rings. The Morgan fingerprint density at radius 1 is 1.33 bits per heavy atom. The number of aromatic carboxylic acids is 1. The van der Waals surface area contributed by atoms with Gasteiger partial charge in [0.1, 0.15) is 0 Å². The van der Waals surface area contributed by atoms with Gasteiger partial charge in [-0.2, -0.15) is 0 Å². The molecule has 6 heteroatoms. The molecule has 0 bridgehead atoms. The Morgan fingerprint density at radius 3 is 2.56 bits per heavy atom. The molecule has 1 aromatic carbocycles. The first kappa shape index (κ1) is 14.5. The number of benzene rings is 1. The van der Waals surface area contributed by atoms with Crippen LogP contribution in [0.25, 0.3) is 0 Å². The van der Waals surface area contributed by atoms with Crippen LogP contribution in [0.2, 0.25) is 5.02 Å². The Balaban J connectivity index is 2.72. The third-order valence-corrected chi connectivity index (χ3v) is 2.43. The van der Waals surface area contributed by atoms with Gasteiger partial charge in [-0.3, -0.25) is 4.79 Å². The van der Waals surface area contributed by atoms with Crippen molar-refractivity contribution < 1.29 is 14.7 Å². The normalized spacial score (nSPS) is 10.4. The fourth-order valence-electron chi connectivity index (χ4n) is 1.33. The lowest BCUT2D eigenvalue weighted by Gasteiger charge is -2.10. The van der Waals surface area contributed by atoms with Gasteiger partial charge in [-0.1, -0.05) is 11.6 Å². The number of nitrogens with one attached hydrogen (secondary N) is 1. The van der Waals surface area contributed by atoms with E-state index in [4.69, 9.17) is 16.7 Å². The maximum atomic E-state index is 11.6. The summed E-state index contributed by atoms with van der Waals surface area (Å²) >= 11 is 5.78. The van der Waals surface area contributed by atoms with Crippen molar-refractivity contribution in [2.75, 3.05) is 26.0 Å². The smallest absolute Gasteiger partial charge is 0.335 e. The zero-order valence-corrected chi connectivity index (χ0v) is 11.0. The number of hydrogen-bond acceptors (Lipinski definition) is 3. The second kappa shape index (κ2) is 6.37. The van der Waals surface area contributed by atoms with Crippen LogP contribution in [0.5, 0.6) is 0 Å². The van der Waals surface area contributed by atoms with Gasteiger partial charge in [0.15, 0.2) is 0 Å². The molecule has 0 fully saturated rings. The average Bonchev–Trinajstić information content (AvgIpc) is 2.25. The van der Waals surface area contributed by atoms with E-state index in [1.165, 1.54) is 18.2 Å². The van der Waals surface area contributed by atoms with Crippen molar-refractivity contribution in [3.8, 4) is 0 Å². The number of nitrogens with zero attached hydrogens (tertiary/aromatic N) is 1. The molecular weight excluding hydrogens is 256 g/mol. The summed E-state index contributed by atoms with van der Waals surface area (Å²) in [6.07, 6.45) is 0.335. The lowest BCUT2D eigenvalue weighted by atomic mass is 10.2. The highest BCUT2D eigenvalue weighted by Gasteiger charge is 2.08. The van der Waals surface area contributed by atoms with E-state index in [1.807, 2.05) is 19.0 Å². The molecule has 0 radical (unpaired) electrons. The van der Waals surface area contributed by atoms with Gasteiger partial charge in [0.05, 0.1) is 5.56 Å². The van der Waals surface area contributed by atoms with E-state index in [-0.39, 0.29) is 16.5 Å². The van der Waals surface area contributed by atoms with E-state index in [9.17, 15) is 9.59 Å². The summed E-state index contributed by atoms with van der Waals surface area (Å²) in [6.45, 7) is 0.623. The molecule has 18 heavy (non-hydrogen) atoms. The summed E-state index contributed by atoms with van der Waals surface area (Å²) in [4.78, 5) is 24.3. The van der Waals surface area contributed by atoms with Crippen molar-refractivity contribution in [3.63, 3.8) is 0 Å². The van der Waals surface area contributed by atoms with Gasteiger partial charge in [0.25, 0.3) is 0 Å². The zero-order valence-electron chi connectivity index (χ0n) is 10.2. The molecule has 1 amide bonds. The number of carbonyl (C=O) groups is 2. The summed E-state index contributed by atoms with van der Waals surface area (Å²) in [7, 11) is 3.74. The summed E-state index contributed by atoms with van der Waals surface area (Å²) in [5.41, 5.74) is 0.439. The fraction of sp³-hybridized carbons (Fsp3) is 0.333. The molecule has 0 aromatic heterocycles. The predicted molar refractivity (Wildman–Crippen MR) is 70.2 cm³/mol. The molecule has 0 aliphatic rings. The fourth-order valence-corrected chi connectivity index (χ4v) is 1.57. The second-order valence-electron chi connectivity index (χ2n) is 4.14. The van der Waals surface area contributed by atoms with Crippen molar-refractivity contribution in [2.45, 2.75) is 6.42 Å². The van der Waals surface area contributed by atoms with E-state index >= 15 is 0 Å². The van der Waals surface area contributed by atoms with E-state index in [0.717, 1.165) is 0 Å². The third-order valence-electron chi connectivity index (χ3n) is 2.21. The van der Waals surface area contributed by atoms with Crippen LogP contribution in [0.3, 0.4) is 0 Å². The molecule has 5 nitrogen and oxygen atoms in total. The number of hydrogen-bond donors (Lipinski definition) is 2. The van der Waals surface area contributed by atoms with Gasteiger partial charge in [0.2, 0.25) is 5.91 Å². The first-order valence-electron chi connectivity index (χ1n) is 5.37. The van der Waals surface area contributed by atoms with E-state index in [0.29, 0.717) is 18.7 Å². The molecule has 0 spiro atoms. The van der Waals surface area contributed by atoms with Gasteiger partial charge < -0.3 is 15.3 Å². The standard InChI is InChI=1S/C12H15ClN2O3/c1-15(2)4-3-11(16)14-10-6-8(12(17)18)5-9(13)7-10/h5-7H,3-4H2,1-2H3,(H,14,16)(H,17,18). The number of carbonyl (C=O) groups excluding carboxylic acids is 1. The monoisotopic (exact) mass is 270 g/mol. The summed E-state index contributed by atoms with van der Waals surface area (Å²) in [5, 5.41) is 11.8. The minimum Gasteiger partial charge on any atom is -0.478 e. The van der Waals surface area contributed by atoms with Crippen LogP contribution in [-0.4, -0.2) is 42.5 Å². The maximum absolute atomic E-state index is 11.6. The van der Waals surface area contributed by atoms with E-state index < -0.39 is 5.97 Å². The topological polar surface area (TPSA) is 69.6 Å². The molecule has 0 heterocycles. The number of carboxylic acid groups (broad SMARTS) is 1. The molecule has 0 saturated carbocycles. The largest absolute Gasteiger partial charge is 0.478 e. The van der Waals surface area contributed by atoms with Crippen molar-refractivity contribution in [1.29, 1.82) is 0 Å². The number of amides is 1. The van der Waals surface area contributed by atoms with Crippen molar-refractivity contribution in [2.24, 2.45) is 0 Å². The number of anilines is 1. The number of halogens is 1. The molecule has 0 aliphatic heterocycles. The molecule has 0 atom stereocenters. The molecular formula is C12H15ClN2O3. The number of carboxylic acids is 1. The van der Waals surface area contributed by atoms with Crippen LogP contribution < -0.4 is 5.32 Å². The van der Waals surface area contributed by atoms with Crippen LogP contribution in [0.4, 0.5) is 5.69 Å². The van der Waals surface area contributed by atoms with E-state index in [1.54, 1.807) is 0 Å². The van der Waals surface area contributed by atoms with Crippen LogP contribution in [0.1, 0.15) is 16.8 Å². The SMILES string of the molecule is CN(C)CCC(=O)Nc1cc(Cl)cc(C(=O)O)c1. The first-order chi connectivity index (χ1) is 8.38. The Morgan fingerprint density at radius 2 is 2.00 bits per heavy atom. The average molecular weight is 271 g/mol. The van der Waals surface area contributed by atoms with E-state index in [2.05, 4.69) is 5.32 Å². The second-order valence-corrected chi connectivity index (χ2v) is 4.57. The molecule has 0 unspecified atom stereocenters. The highest BCUT2D eigenvalue weighted by molar-refractivity contribution is 6.31. The minimum absolute atomic E-state index is 0.0467. The van der Waals surface area contributed by atoms with Crippen molar-refractivity contribution >= 4 is 29.2 Å². The summed E-state index contributed by atoms with van der Waals surface area (Å²) in [6, 6.07) is 4.22. The Kier molecular flexibility index (Phi) is 5.12. The third kappa shape index (κ3) is 4.73. The van der Waals surface area contributed by atoms with Crippen LogP contribution in [0, 0.1) is 0 Å². The lowest BCUT2D eigenvalue weighted by Crippen LogP contribution is -2.20. The lowest BCUT2D eigenvalue weighted by molar-refractivity contribution is -0.116. The quantitative estimate of drug-likeness (QED) is 0.858. The summed E-state index contributed by atoms with van der Waals surface area (Å²) in [5.74, 6) is -1.26. The van der Waals surface area contributed by atoms with Gasteiger partial charge >= 0.3 is 5.97 Å². The molecule has 1 rings (SSSR count).